The first-order valence-electron chi connectivity index (χ1n) is 8.53. The Bertz CT molecular complexity index is 761. The van der Waals surface area contributed by atoms with Gasteiger partial charge in [-0.1, -0.05) is 37.3 Å². The second-order valence-corrected chi connectivity index (χ2v) is 6.40. The number of hydrogen-bond donors (Lipinski definition) is 1. The topological polar surface area (TPSA) is 40.5 Å². The average Bonchev–Trinajstić information content (AvgIpc) is 3.07. The van der Waals surface area contributed by atoms with Crippen LogP contribution < -0.4 is 0 Å². The zero-order valence-electron chi connectivity index (χ0n) is 14.1. The molecule has 1 aliphatic rings. The van der Waals surface area contributed by atoms with E-state index in [1.165, 1.54) is 12.1 Å². The van der Waals surface area contributed by atoms with Crippen LogP contribution in [0.15, 0.2) is 42.5 Å². The fraction of sp³-hybridized carbons (Fsp3) is 0.350. The largest absolute Gasteiger partial charge is 0.480 e. The quantitative estimate of drug-likeness (QED) is 0.884. The number of carboxylic acids is 1. The molecule has 2 unspecified atom stereocenters. The molecule has 2 aromatic rings. The lowest BCUT2D eigenvalue weighted by atomic mass is 9.94. The lowest BCUT2D eigenvalue weighted by molar-refractivity contribution is -0.142. The molecule has 3 rings (SSSR count). The van der Waals surface area contributed by atoms with Crippen LogP contribution in [0.25, 0.3) is 0 Å². The summed E-state index contributed by atoms with van der Waals surface area (Å²) in [6.45, 7) is 2.61. The van der Waals surface area contributed by atoms with E-state index in [0.717, 1.165) is 30.0 Å². The van der Waals surface area contributed by atoms with Crippen LogP contribution in [-0.4, -0.2) is 28.6 Å². The standard InChI is InChI=1S/C20H21F2NO2/c1-2-13-5-7-14(8-6-13)19(16-10-9-15(21)12-17(16)22)23-11-3-4-18(23)20(24)25/h5-10,12,18-19H,2-4,11H2,1H3,(H,24,25). The van der Waals surface area contributed by atoms with E-state index in [2.05, 4.69) is 0 Å². The summed E-state index contributed by atoms with van der Waals surface area (Å²) in [6, 6.07) is 10.0. The zero-order chi connectivity index (χ0) is 18.0. The highest BCUT2D eigenvalue weighted by atomic mass is 19.1. The molecule has 1 aliphatic heterocycles. The van der Waals surface area contributed by atoms with Gasteiger partial charge in [-0.25, -0.2) is 8.78 Å². The summed E-state index contributed by atoms with van der Waals surface area (Å²) >= 11 is 0. The Morgan fingerprint density at radius 2 is 1.96 bits per heavy atom. The predicted molar refractivity (Wildman–Crippen MR) is 91.4 cm³/mol. The molecule has 0 aromatic heterocycles. The van der Waals surface area contributed by atoms with E-state index in [1.807, 2.05) is 31.2 Å². The van der Waals surface area contributed by atoms with Gasteiger partial charge in [0.25, 0.3) is 0 Å². The molecule has 1 saturated heterocycles. The first-order valence-corrected chi connectivity index (χ1v) is 8.53. The molecule has 2 atom stereocenters. The number of nitrogens with zero attached hydrogens (tertiary/aromatic N) is 1. The minimum Gasteiger partial charge on any atom is -0.480 e. The highest BCUT2D eigenvalue weighted by Crippen LogP contribution is 2.36. The van der Waals surface area contributed by atoms with Gasteiger partial charge in [0.2, 0.25) is 0 Å². The van der Waals surface area contributed by atoms with Gasteiger partial charge in [-0.05, 0) is 36.5 Å². The third-order valence-corrected chi connectivity index (χ3v) is 4.87. The Kier molecular flexibility index (Phi) is 5.13. The van der Waals surface area contributed by atoms with Gasteiger partial charge in [-0.2, -0.15) is 0 Å². The molecular formula is C20H21F2NO2. The first kappa shape index (κ1) is 17.5. The summed E-state index contributed by atoms with van der Waals surface area (Å²) < 4.78 is 27.8. The number of aryl methyl sites for hydroxylation is 1. The van der Waals surface area contributed by atoms with Gasteiger partial charge in [0.05, 0.1) is 6.04 Å². The summed E-state index contributed by atoms with van der Waals surface area (Å²) in [5.41, 5.74) is 2.27. The van der Waals surface area contributed by atoms with E-state index in [1.54, 1.807) is 4.90 Å². The second-order valence-electron chi connectivity index (χ2n) is 6.40. The summed E-state index contributed by atoms with van der Waals surface area (Å²) in [5.74, 6) is -2.20. The highest BCUT2D eigenvalue weighted by molar-refractivity contribution is 5.74. The molecule has 1 N–H and O–H groups in total. The van der Waals surface area contributed by atoms with Crippen molar-refractivity contribution < 1.29 is 18.7 Å². The van der Waals surface area contributed by atoms with Crippen molar-refractivity contribution in [3.63, 3.8) is 0 Å². The van der Waals surface area contributed by atoms with Crippen LogP contribution in [-0.2, 0) is 11.2 Å². The number of benzene rings is 2. The molecule has 25 heavy (non-hydrogen) atoms. The maximum atomic E-state index is 14.5. The molecule has 0 radical (unpaired) electrons. The minimum atomic E-state index is -0.907. The van der Waals surface area contributed by atoms with Crippen molar-refractivity contribution in [2.45, 2.75) is 38.3 Å². The van der Waals surface area contributed by atoms with E-state index >= 15 is 0 Å². The lowest BCUT2D eigenvalue weighted by Gasteiger charge is -2.32. The van der Waals surface area contributed by atoms with Gasteiger partial charge in [-0.3, -0.25) is 9.69 Å². The molecule has 0 aliphatic carbocycles. The monoisotopic (exact) mass is 345 g/mol. The number of halogens is 2. The van der Waals surface area contributed by atoms with Crippen molar-refractivity contribution in [1.29, 1.82) is 0 Å². The summed E-state index contributed by atoms with van der Waals surface area (Å²) in [7, 11) is 0. The number of hydrogen-bond acceptors (Lipinski definition) is 2. The van der Waals surface area contributed by atoms with Crippen LogP contribution in [0, 0.1) is 11.6 Å². The maximum absolute atomic E-state index is 14.5. The van der Waals surface area contributed by atoms with Crippen LogP contribution >= 0.6 is 0 Å². The van der Waals surface area contributed by atoms with Gasteiger partial charge in [0.1, 0.15) is 17.7 Å². The van der Waals surface area contributed by atoms with Crippen molar-refractivity contribution in [1.82, 2.24) is 4.90 Å². The number of carboxylic acid groups (broad SMARTS) is 1. The highest BCUT2D eigenvalue weighted by Gasteiger charge is 2.37. The van der Waals surface area contributed by atoms with E-state index in [0.29, 0.717) is 18.5 Å². The Balaban J connectivity index is 2.08. The van der Waals surface area contributed by atoms with Crippen LogP contribution in [0.2, 0.25) is 0 Å². The van der Waals surface area contributed by atoms with E-state index in [4.69, 9.17) is 0 Å². The molecular weight excluding hydrogens is 324 g/mol. The Morgan fingerprint density at radius 1 is 1.24 bits per heavy atom. The smallest absolute Gasteiger partial charge is 0.320 e. The fourth-order valence-corrected chi connectivity index (χ4v) is 3.57. The molecule has 1 heterocycles. The third kappa shape index (κ3) is 3.56. The summed E-state index contributed by atoms with van der Waals surface area (Å²) in [4.78, 5) is 13.4. The molecule has 0 bridgehead atoms. The predicted octanol–water partition coefficient (Wildman–Crippen LogP) is 4.17. The van der Waals surface area contributed by atoms with Crippen molar-refractivity contribution >= 4 is 5.97 Å². The van der Waals surface area contributed by atoms with Crippen LogP contribution in [0.1, 0.15) is 42.5 Å². The third-order valence-electron chi connectivity index (χ3n) is 4.87. The molecule has 132 valence electrons. The molecule has 2 aromatic carbocycles. The Labute approximate surface area is 145 Å². The number of carbonyl (C=O) groups is 1. The second kappa shape index (κ2) is 7.31. The van der Waals surface area contributed by atoms with Crippen molar-refractivity contribution in [3.05, 3.63) is 70.8 Å². The number of rotatable bonds is 5. The zero-order valence-corrected chi connectivity index (χ0v) is 14.1. The van der Waals surface area contributed by atoms with Gasteiger partial charge in [0.15, 0.2) is 0 Å². The van der Waals surface area contributed by atoms with E-state index in [9.17, 15) is 18.7 Å². The van der Waals surface area contributed by atoms with Crippen molar-refractivity contribution in [2.75, 3.05) is 6.54 Å². The lowest BCUT2D eigenvalue weighted by Crippen LogP contribution is -2.39. The minimum absolute atomic E-state index is 0.304. The van der Waals surface area contributed by atoms with Gasteiger partial charge in [0, 0.05) is 18.2 Å². The maximum Gasteiger partial charge on any atom is 0.320 e. The molecule has 5 heteroatoms. The van der Waals surface area contributed by atoms with Crippen molar-refractivity contribution in [3.8, 4) is 0 Å². The van der Waals surface area contributed by atoms with Crippen molar-refractivity contribution in [2.24, 2.45) is 0 Å². The Morgan fingerprint density at radius 3 is 2.56 bits per heavy atom. The Hall–Kier alpha value is -2.27. The molecule has 1 fully saturated rings. The van der Waals surface area contributed by atoms with E-state index in [-0.39, 0.29) is 0 Å². The fourth-order valence-electron chi connectivity index (χ4n) is 3.57. The molecule has 0 spiro atoms. The molecule has 0 saturated carbocycles. The SMILES string of the molecule is CCc1ccc(C(c2ccc(F)cc2F)N2CCCC2C(=O)O)cc1. The van der Waals surface area contributed by atoms with Crippen LogP contribution in [0.5, 0.6) is 0 Å². The van der Waals surface area contributed by atoms with Gasteiger partial charge in [-0.15, -0.1) is 0 Å². The normalized spacial score (nSPS) is 19.1. The summed E-state index contributed by atoms with van der Waals surface area (Å²) in [6.07, 6.45) is 2.16. The van der Waals surface area contributed by atoms with Gasteiger partial charge < -0.3 is 5.11 Å². The molecule has 0 amide bonds. The summed E-state index contributed by atoms with van der Waals surface area (Å²) in [5, 5.41) is 9.53. The van der Waals surface area contributed by atoms with E-state index < -0.39 is 29.7 Å². The average molecular weight is 345 g/mol. The first-order chi connectivity index (χ1) is 12.0. The number of aliphatic carboxylic acids is 1. The van der Waals surface area contributed by atoms with Crippen LogP contribution in [0.3, 0.4) is 0 Å². The van der Waals surface area contributed by atoms with Crippen LogP contribution in [0.4, 0.5) is 8.78 Å². The number of likely N-dealkylation sites (tertiary alicyclic amines) is 1. The van der Waals surface area contributed by atoms with Gasteiger partial charge >= 0.3 is 5.97 Å². The molecule has 3 nitrogen and oxygen atoms in total.